The van der Waals surface area contributed by atoms with Crippen LogP contribution in [0.5, 0.6) is 0 Å². The average Bonchev–Trinajstić information content (AvgIpc) is 3.00. The van der Waals surface area contributed by atoms with Crippen molar-refractivity contribution in [3.05, 3.63) is 29.3 Å². The molecule has 1 saturated heterocycles. The Labute approximate surface area is 137 Å². The Morgan fingerprint density at radius 1 is 1.43 bits per heavy atom. The number of hydrogen-bond acceptors (Lipinski definition) is 5. The smallest absolute Gasteiger partial charge is 0.264 e. The van der Waals surface area contributed by atoms with E-state index >= 15 is 0 Å². The number of rotatable bonds is 6. The van der Waals surface area contributed by atoms with Crippen molar-refractivity contribution < 1.29 is 22.7 Å². The van der Waals surface area contributed by atoms with Crippen LogP contribution in [0, 0.1) is 13.8 Å². The first-order valence-electron chi connectivity index (χ1n) is 7.67. The first-order valence-corrected chi connectivity index (χ1v) is 9.15. The molecule has 7 heteroatoms. The predicted molar refractivity (Wildman–Crippen MR) is 85.6 cm³/mol. The quantitative estimate of drug-likeness (QED) is 0.851. The van der Waals surface area contributed by atoms with E-state index in [1.165, 1.54) is 6.92 Å². The van der Waals surface area contributed by atoms with Gasteiger partial charge in [-0.2, -0.15) is 0 Å². The summed E-state index contributed by atoms with van der Waals surface area (Å²) in [5.41, 5.74) is 1.40. The largest absolute Gasteiger partial charge is 0.376 e. The number of aryl methyl sites for hydroxylation is 2. The van der Waals surface area contributed by atoms with E-state index in [0.717, 1.165) is 18.4 Å². The molecule has 1 amide bonds. The van der Waals surface area contributed by atoms with Crippen LogP contribution in [0.2, 0.25) is 0 Å². The Bertz CT molecular complexity index is 665. The molecule has 1 aliphatic rings. The van der Waals surface area contributed by atoms with Crippen LogP contribution in [0.3, 0.4) is 0 Å². The molecule has 23 heavy (non-hydrogen) atoms. The van der Waals surface area contributed by atoms with Gasteiger partial charge in [-0.1, -0.05) is 12.1 Å². The average molecular weight is 341 g/mol. The second kappa shape index (κ2) is 7.42. The highest BCUT2D eigenvalue weighted by Crippen LogP contribution is 2.17. The third-order valence-corrected chi connectivity index (χ3v) is 5.28. The van der Waals surface area contributed by atoms with E-state index in [1.807, 2.05) is 6.07 Å². The maximum Gasteiger partial charge on any atom is 0.264 e. The Morgan fingerprint density at radius 3 is 2.83 bits per heavy atom. The Balaban J connectivity index is 1.98. The molecule has 6 nitrogen and oxygen atoms in total. The van der Waals surface area contributed by atoms with Gasteiger partial charge in [-0.3, -0.25) is 4.79 Å². The lowest BCUT2D eigenvalue weighted by Crippen LogP contribution is -2.39. The highest BCUT2D eigenvalue weighted by molar-refractivity contribution is 7.90. The van der Waals surface area contributed by atoms with E-state index in [1.54, 1.807) is 26.0 Å². The molecular weight excluding hydrogens is 318 g/mol. The normalized spacial score (nSPS) is 19.5. The molecule has 0 radical (unpaired) electrons. The molecule has 1 fully saturated rings. The van der Waals surface area contributed by atoms with Gasteiger partial charge in [0.25, 0.3) is 15.9 Å². The minimum Gasteiger partial charge on any atom is -0.376 e. The highest BCUT2D eigenvalue weighted by Gasteiger charge is 2.25. The lowest BCUT2D eigenvalue weighted by atomic mass is 10.2. The summed E-state index contributed by atoms with van der Waals surface area (Å²) >= 11 is 0. The second-order valence-electron chi connectivity index (χ2n) is 5.85. The van der Waals surface area contributed by atoms with Crippen molar-refractivity contribution in [2.45, 2.75) is 50.7 Å². The third kappa shape index (κ3) is 4.76. The van der Waals surface area contributed by atoms with Gasteiger partial charge in [0.1, 0.15) is 6.10 Å². The summed E-state index contributed by atoms with van der Waals surface area (Å²) < 4.78 is 37.6. The van der Waals surface area contributed by atoms with Crippen LogP contribution in [0.15, 0.2) is 23.1 Å². The van der Waals surface area contributed by atoms with Crippen molar-refractivity contribution in [3.63, 3.8) is 0 Å². The molecule has 1 heterocycles. The first-order chi connectivity index (χ1) is 10.8. The van der Waals surface area contributed by atoms with Crippen LogP contribution in [-0.2, 0) is 24.3 Å². The van der Waals surface area contributed by atoms with Crippen LogP contribution in [0.1, 0.15) is 30.9 Å². The minimum absolute atomic E-state index is 0.0131. The van der Waals surface area contributed by atoms with Crippen molar-refractivity contribution in [1.29, 1.82) is 0 Å². The van der Waals surface area contributed by atoms with Crippen molar-refractivity contribution in [2.75, 3.05) is 13.2 Å². The van der Waals surface area contributed by atoms with E-state index in [0.29, 0.717) is 12.2 Å². The molecule has 0 bridgehead atoms. The topological polar surface area (TPSA) is 81.7 Å². The minimum atomic E-state index is -3.91. The highest BCUT2D eigenvalue weighted by atomic mass is 32.2. The first kappa shape index (κ1) is 17.9. The Kier molecular flexibility index (Phi) is 5.78. The van der Waals surface area contributed by atoms with Gasteiger partial charge in [0.2, 0.25) is 0 Å². The molecule has 128 valence electrons. The zero-order valence-electron chi connectivity index (χ0n) is 13.7. The predicted octanol–water partition coefficient (Wildman–Crippen LogP) is 1.69. The molecule has 1 aliphatic heterocycles. The van der Waals surface area contributed by atoms with Gasteiger partial charge in [-0.05, 0) is 50.8 Å². The maximum absolute atomic E-state index is 12.4. The van der Waals surface area contributed by atoms with Gasteiger partial charge in [0, 0.05) is 6.61 Å². The SMILES string of the molecule is Cc1ccc(C)c(S(=O)(=O)NC(=O)[C@H](C)OC[C@@H]2CCCO2)c1. The van der Waals surface area contributed by atoms with Crippen LogP contribution < -0.4 is 4.72 Å². The van der Waals surface area contributed by atoms with Crippen molar-refractivity contribution >= 4 is 15.9 Å². The lowest BCUT2D eigenvalue weighted by molar-refractivity contribution is -0.131. The van der Waals surface area contributed by atoms with E-state index in [-0.39, 0.29) is 17.6 Å². The molecule has 0 unspecified atom stereocenters. The number of ether oxygens (including phenoxy) is 2. The fourth-order valence-corrected chi connectivity index (χ4v) is 3.74. The van der Waals surface area contributed by atoms with E-state index < -0.39 is 22.0 Å². The summed E-state index contributed by atoms with van der Waals surface area (Å²) in [6, 6.07) is 5.08. The third-order valence-electron chi connectivity index (χ3n) is 3.79. The Morgan fingerprint density at radius 2 is 2.17 bits per heavy atom. The summed E-state index contributed by atoms with van der Waals surface area (Å²) in [6.07, 6.45) is 1.00. The molecule has 2 rings (SSSR count). The summed E-state index contributed by atoms with van der Waals surface area (Å²) in [7, 11) is -3.91. The summed E-state index contributed by atoms with van der Waals surface area (Å²) in [6.45, 7) is 6.01. The molecule has 1 aromatic carbocycles. The van der Waals surface area contributed by atoms with Crippen molar-refractivity contribution in [2.24, 2.45) is 0 Å². The van der Waals surface area contributed by atoms with Crippen LogP contribution in [-0.4, -0.2) is 39.7 Å². The van der Waals surface area contributed by atoms with Gasteiger partial charge in [0.05, 0.1) is 17.6 Å². The standard InChI is InChI=1S/C16H23NO5S/c1-11-6-7-12(2)15(9-11)23(19,20)17-16(18)13(3)22-10-14-5-4-8-21-14/h6-7,9,13-14H,4-5,8,10H2,1-3H3,(H,17,18)/t13-,14-/m0/s1. The number of carbonyl (C=O) groups is 1. The number of hydrogen-bond donors (Lipinski definition) is 1. The van der Waals surface area contributed by atoms with Gasteiger partial charge >= 0.3 is 0 Å². The molecule has 1 N–H and O–H groups in total. The summed E-state index contributed by atoms with van der Waals surface area (Å²) in [5, 5.41) is 0. The van der Waals surface area contributed by atoms with Gasteiger partial charge in [0.15, 0.2) is 0 Å². The van der Waals surface area contributed by atoms with Gasteiger partial charge in [-0.15, -0.1) is 0 Å². The molecule has 0 spiro atoms. The summed E-state index contributed by atoms with van der Waals surface area (Å²) in [5.74, 6) is -0.677. The molecule has 2 atom stereocenters. The van der Waals surface area contributed by atoms with Crippen molar-refractivity contribution in [3.8, 4) is 0 Å². The van der Waals surface area contributed by atoms with E-state index in [9.17, 15) is 13.2 Å². The molecule has 0 aliphatic carbocycles. The second-order valence-corrected chi connectivity index (χ2v) is 7.50. The van der Waals surface area contributed by atoms with Crippen LogP contribution in [0.4, 0.5) is 0 Å². The fourth-order valence-electron chi connectivity index (χ4n) is 2.37. The van der Waals surface area contributed by atoms with E-state index in [4.69, 9.17) is 9.47 Å². The molecule has 1 aromatic rings. The van der Waals surface area contributed by atoms with Crippen LogP contribution in [0.25, 0.3) is 0 Å². The zero-order valence-corrected chi connectivity index (χ0v) is 14.5. The molecular formula is C16H23NO5S. The summed E-state index contributed by atoms with van der Waals surface area (Å²) in [4.78, 5) is 12.2. The number of carbonyl (C=O) groups excluding carboxylic acids is 1. The van der Waals surface area contributed by atoms with Gasteiger partial charge in [-0.25, -0.2) is 13.1 Å². The number of sulfonamides is 1. The molecule has 0 saturated carbocycles. The van der Waals surface area contributed by atoms with Gasteiger partial charge < -0.3 is 9.47 Å². The fraction of sp³-hybridized carbons (Fsp3) is 0.562. The Hall–Kier alpha value is -1.44. The van der Waals surface area contributed by atoms with E-state index in [2.05, 4.69) is 4.72 Å². The van der Waals surface area contributed by atoms with Crippen molar-refractivity contribution in [1.82, 2.24) is 4.72 Å². The zero-order chi connectivity index (χ0) is 17.0. The number of amides is 1. The maximum atomic E-state index is 12.4. The lowest BCUT2D eigenvalue weighted by Gasteiger charge is -2.16. The monoisotopic (exact) mass is 341 g/mol. The number of benzene rings is 1. The van der Waals surface area contributed by atoms with Crippen LogP contribution >= 0.6 is 0 Å². The molecule has 0 aromatic heterocycles. The number of nitrogens with one attached hydrogen (secondary N) is 1.